The minimum atomic E-state index is -0.416. The van der Waals surface area contributed by atoms with Crippen LogP contribution in [0.25, 0.3) is 11.0 Å². The lowest BCUT2D eigenvalue weighted by Crippen LogP contribution is -2.01. The van der Waals surface area contributed by atoms with Crippen LogP contribution < -0.4 is 4.74 Å². The van der Waals surface area contributed by atoms with E-state index in [1.165, 1.54) is 13.2 Å². The second-order valence-corrected chi connectivity index (χ2v) is 4.89. The molecule has 1 N–H and O–H groups in total. The van der Waals surface area contributed by atoms with Crippen LogP contribution in [0.1, 0.15) is 5.69 Å². The van der Waals surface area contributed by atoms with Crippen LogP contribution in [-0.2, 0) is 13.6 Å². The summed E-state index contributed by atoms with van der Waals surface area (Å²) in [6, 6.07) is 4.94. The van der Waals surface area contributed by atoms with Crippen LogP contribution in [0.15, 0.2) is 24.4 Å². The van der Waals surface area contributed by atoms with Crippen molar-refractivity contribution >= 4 is 23.3 Å². The van der Waals surface area contributed by atoms with Gasteiger partial charge in [0.2, 0.25) is 0 Å². The van der Waals surface area contributed by atoms with Gasteiger partial charge >= 0.3 is 0 Å². The van der Waals surface area contributed by atoms with Crippen molar-refractivity contribution in [2.75, 3.05) is 7.11 Å². The second-order valence-electron chi connectivity index (χ2n) is 4.50. The molecule has 0 spiro atoms. The zero-order valence-electron chi connectivity index (χ0n) is 11.1. The average molecular weight is 292 g/mol. The second kappa shape index (κ2) is 4.75. The van der Waals surface area contributed by atoms with E-state index in [1.807, 2.05) is 23.9 Å². The Hall–Kier alpha value is -2.15. The molecular formula is C13H13FN4OS. The molecule has 3 rings (SSSR count). The van der Waals surface area contributed by atoms with Crippen LogP contribution in [0.4, 0.5) is 4.39 Å². The summed E-state index contributed by atoms with van der Waals surface area (Å²) < 4.78 is 22.8. The summed E-state index contributed by atoms with van der Waals surface area (Å²) >= 11 is 5.29. The molecule has 0 aliphatic carbocycles. The van der Waals surface area contributed by atoms with Gasteiger partial charge in [-0.3, -0.25) is 4.68 Å². The van der Waals surface area contributed by atoms with E-state index in [-0.39, 0.29) is 5.75 Å². The number of hydrogen-bond donors (Lipinski definition) is 1. The Labute approximate surface area is 119 Å². The summed E-state index contributed by atoms with van der Waals surface area (Å²) in [7, 11) is 3.30. The van der Waals surface area contributed by atoms with Crippen molar-refractivity contribution in [2.24, 2.45) is 7.05 Å². The highest BCUT2D eigenvalue weighted by Crippen LogP contribution is 2.25. The van der Waals surface area contributed by atoms with Crippen LogP contribution in [0, 0.1) is 10.6 Å². The van der Waals surface area contributed by atoms with E-state index < -0.39 is 5.82 Å². The molecule has 2 heterocycles. The summed E-state index contributed by atoms with van der Waals surface area (Å²) in [4.78, 5) is 2.99. The van der Waals surface area contributed by atoms with Gasteiger partial charge in [-0.2, -0.15) is 5.10 Å². The summed E-state index contributed by atoms with van der Waals surface area (Å²) in [5.41, 5.74) is 2.32. The first kappa shape index (κ1) is 12.9. The van der Waals surface area contributed by atoms with Gasteiger partial charge < -0.3 is 14.3 Å². The molecule has 0 radical (unpaired) electrons. The predicted molar refractivity (Wildman–Crippen MR) is 75.9 cm³/mol. The van der Waals surface area contributed by atoms with Gasteiger partial charge in [-0.15, -0.1) is 0 Å². The molecule has 3 aromatic rings. The maximum Gasteiger partial charge on any atom is 0.178 e. The molecule has 0 aliphatic heterocycles. The third-order valence-electron chi connectivity index (χ3n) is 3.14. The Kier molecular flexibility index (Phi) is 3.06. The van der Waals surface area contributed by atoms with Crippen molar-refractivity contribution < 1.29 is 9.13 Å². The molecule has 20 heavy (non-hydrogen) atoms. The van der Waals surface area contributed by atoms with Crippen molar-refractivity contribution in [3.63, 3.8) is 0 Å². The molecule has 0 amide bonds. The molecule has 0 aliphatic rings. The molecule has 5 nitrogen and oxygen atoms in total. The van der Waals surface area contributed by atoms with Gasteiger partial charge in [-0.05, 0) is 18.3 Å². The molecule has 2 aromatic heterocycles. The van der Waals surface area contributed by atoms with Gasteiger partial charge in [0.15, 0.2) is 16.3 Å². The number of fused-ring (bicyclic) bond motifs is 1. The molecule has 0 saturated carbocycles. The van der Waals surface area contributed by atoms with E-state index >= 15 is 0 Å². The van der Waals surface area contributed by atoms with Crippen molar-refractivity contribution in [1.29, 1.82) is 0 Å². The Morgan fingerprint density at radius 1 is 1.45 bits per heavy atom. The molecule has 1 aromatic carbocycles. The summed E-state index contributed by atoms with van der Waals surface area (Å²) in [6.07, 6.45) is 1.87. The highest BCUT2D eigenvalue weighted by Gasteiger charge is 2.11. The average Bonchev–Trinajstić information content (AvgIpc) is 2.94. The number of aromatic nitrogens is 4. The first-order valence-electron chi connectivity index (χ1n) is 6.03. The first-order valence-corrected chi connectivity index (χ1v) is 6.44. The van der Waals surface area contributed by atoms with E-state index in [1.54, 1.807) is 10.7 Å². The number of hydrogen-bond acceptors (Lipinski definition) is 3. The van der Waals surface area contributed by atoms with Crippen molar-refractivity contribution in [2.45, 2.75) is 6.54 Å². The quantitative estimate of drug-likeness (QED) is 0.755. The van der Waals surface area contributed by atoms with Crippen LogP contribution in [0.3, 0.4) is 0 Å². The van der Waals surface area contributed by atoms with Gasteiger partial charge in [0.25, 0.3) is 0 Å². The van der Waals surface area contributed by atoms with Crippen LogP contribution in [-0.4, -0.2) is 26.4 Å². The lowest BCUT2D eigenvalue weighted by Gasteiger charge is -2.05. The van der Waals surface area contributed by atoms with E-state index in [2.05, 4.69) is 10.1 Å². The molecule has 0 atom stereocenters. The molecule has 0 unspecified atom stereocenters. The molecule has 104 valence electrons. The molecular weight excluding hydrogens is 279 g/mol. The minimum absolute atomic E-state index is 0.196. The fourth-order valence-electron chi connectivity index (χ4n) is 2.18. The highest BCUT2D eigenvalue weighted by atomic mass is 32.1. The van der Waals surface area contributed by atoms with E-state index in [0.717, 1.165) is 11.2 Å². The normalized spacial score (nSPS) is 11.2. The standard InChI is InChI=1S/C13H13FN4OS/c1-17-4-3-8(16-17)7-18-11-6-12(19-2)9(14)5-10(11)15-13(18)20/h3-6H,7H2,1-2H3,(H,15,20). The van der Waals surface area contributed by atoms with Crippen molar-refractivity contribution in [1.82, 2.24) is 19.3 Å². The molecule has 0 fully saturated rings. The fourth-order valence-corrected chi connectivity index (χ4v) is 2.45. The van der Waals surface area contributed by atoms with Crippen LogP contribution in [0.5, 0.6) is 5.75 Å². The summed E-state index contributed by atoms with van der Waals surface area (Å²) in [5, 5.41) is 4.32. The zero-order chi connectivity index (χ0) is 14.3. The monoisotopic (exact) mass is 292 g/mol. The number of H-pyrrole nitrogens is 1. The summed E-state index contributed by atoms with van der Waals surface area (Å²) in [5.74, 6) is -0.220. The SMILES string of the molecule is COc1cc2c(cc1F)[nH]c(=S)n2Cc1ccn(C)n1. The van der Waals surface area contributed by atoms with E-state index in [0.29, 0.717) is 16.8 Å². The Bertz CT molecular complexity index is 833. The van der Waals surface area contributed by atoms with E-state index in [4.69, 9.17) is 17.0 Å². The molecule has 0 saturated heterocycles. The van der Waals surface area contributed by atoms with Gasteiger partial charge in [0, 0.05) is 25.4 Å². The number of benzene rings is 1. The number of methoxy groups -OCH3 is 1. The largest absolute Gasteiger partial charge is 0.494 e. The number of aryl methyl sites for hydroxylation is 1. The number of nitrogens with zero attached hydrogens (tertiary/aromatic N) is 3. The lowest BCUT2D eigenvalue weighted by molar-refractivity contribution is 0.387. The smallest absolute Gasteiger partial charge is 0.178 e. The van der Waals surface area contributed by atoms with Crippen molar-refractivity contribution in [3.8, 4) is 5.75 Å². The number of nitrogens with one attached hydrogen (secondary N) is 1. The summed E-state index contributed by atoms with van der Waals surface area (Å²) in [6.45, 7) is 0.522. The van der Waals surface area contributed by atoms with Gasteiger partial charge in [-0.25, -0.2) is 4.39 Å². The Morgan fingerprint density at radius 3 is 2.90 bits per heavy atom. The fraction of sp³-hybridized carbons (Fsp3) is 0.231. The number of aromatic amines is 1. The number of halogens is 1. The molecule has 7 heteroatoms. The van der Waals surface area contributed by atoms with Gasteiger partial charge in [-0.1, -0.05) is 0 Å². The van der Waals surface area contributed by atoms with Crippen LogP contribution in [0.2, 0.25) is 0 Å². The van der Waals surface area contributed by atoms with E-state index in [9.17, 15) is 4.39 Å². The molecule has 0 bridgehead atoms. The number of imidazole rings is 1. The highest BCUT2D eigenvalue weighted by molar-refractivity contribution is 7.71. The minimum Gasteiger partial charge on any atom is -0.494 e. The Morgan fingerprint density at radius 2 is 2.25 bits per heavy atom. The van der Waals surface area contributed by atoms with Gasteiger partial charge in [0.05, 0.1) is 30.4 Å². The van der Waals surface area contributed by atoms with Crippen molar-refractivity contribution in [3.05, 3.63) is 40.7 Å². The topological polar surface area (TPSA) is 47.8 Å². The Balaban J connectivity index is 2.14. The predicted octanol–water partition coefficient (Wildman–Crippen LogP) is 2.63. The number of rotatable bonds is 3. The third-order valence-corrected chi connectivity index (χ3v) is 3.46. The lowest BCUT2D eigenvalue weighted by atomic mass is 10.2. The van der Waals surface area contributed by atoms with Crippen LogP contribution >= 0.6 is 12.2 Å². The zero-order valence-corrected chi connectivity index (χ0v) is 11.9. The number of ether oxygens (including phenoxy) is 1. The maximum absolute atomic E-state index is 13.7. The van der Waals surface area contributed by atoms with Gasteiger partial charge in [0.1, 0.15) is 0 Å². The first-order chi connectivity index (χ1) is 9.58. The third kappa shape index (κ3) is 2.09. The maximum atomic E-state index is 13.7.